The fourth-order valence-electron chi connectivity index (χ4n) is 2.60. The summed E-state index contributed by atoms with van der Waals surface area (Å²) in [6.45, 7) is 5.93. The number of carbonyl (C=O) groups is 2. The van der Waals surface area contributed by atoms with Crippen molar-refractivity contribution < 1.29 is 19.4 Å². The van der Waals surface area contributed by atoms with E-state index in [9.17, 15) is 9.59 Å². The highest BCUT2D eigenvalue weighted by Crippen LogP contribution is 2.22. The molecule has 20 heavy (non-hydrogen) atoms. The number of carbonyl (C=O) groups excluding carboxylic acids is 1. The zero-order chi connectivity index (χ0) is 14.8. The van der Waals surface area contributed by atoms with Gasteiger partial charge in [0.25, 0.3) is 0 Å². The van der Waals surface area contributed by atoms with E-state index in [2.05, 4.69) is 15.5 Å². The summed E-state index contributed by atoms with van der Waals surface area (Å²) in [5, 5.41) is 14.0. The number of carboxylic acids is 1. The van der Waals surface area contributed by atoms with Gasteiger partial charge < -0.3 is 20.5 Å². The molecule has 0 saturated carbocycles. The van der Waals surface area contributed by atoms with Gasteiger partial charge in [-0.05, 0) is 33.2 Å². The van der Waals surface area contributed by atoms with Crippen molar-refractivity contribution >= 4 is 12.0 Å². The predicted molar refractivity (Wildman–Crippen MR) is 72.6 cm³/mol. The Morgan fingerprint density at radius 2 is 2.20 bits per heavy atom. The first-order chi connectivity index (χ1) is 9.38. The number of urea groups is 1. The van der Waals surface area contributed by atoms with Crippen molar-refractivity contribution in [1.29, 1.82) is 0 Å². The van der Waals surface area contributed by atoms with Crippen molar-refractivity contribution in [2.24, 2.45) is 0 Å². The SMILES string of the molecule is CC(C)(NC(=O)NCC1CN2CCCC2CO1)C(=O)O. The number of aliphatic carboxylic acids is 1. The fourth-order valence-corrected chi connectivity index (χ4v) is 2.60. The molecule has 0 aromatic rings. The van der Waals surface area contributed by atoms with Crippen LogP contribution in [0.2, 0.25) is 0 Å². The minimum absolute atomic E-state index is 0.0250. The Morgan fingerprint density at radius 3 is 2.90 bits per heavy atom. The Labute approximate surface area is 118 Å². The molecule has 2 atom stereocenters. The summed E-state index contributed by atoms with van der Waals surface area (Å²) < 4.78 is 5.72. The number of rotatable bonds is 4. The molecule has 2 amide bonds. The fraction of sp³-hybridized carbons (Fsp3) is 0.846. The van der Waals surface area contributed by atoms with Gasteiger partial charge in [0.05, 0.1) is 12.7 Å². The molecule has 0 aromatic heterocycles. The van der Waals surface area contributed by atoms with Gasteiger partial charge in [-0.1, -0.05) is 0 Å². The highest BCUT2D eigenvalue weighted by molar-refractivity contribution is 5.85. The van der Waals surface area contributed by atoms with Crippen LogP contribution in [0.15, 0.2) is 0 Å². The van der Waals surface area contributed by atoms with Gasteiger partial charge in [0.2, 0.25) is 0 Å². The first-order valence-electron chi connectivity index (χ1n) is 7.03. The monoisotopic (exact) mass is 285 g/mol. The van der Waals surface area contributed by atoms with Crippen LogP contribution in [0.25, 0.3) is 0 Å². The van der Waals surface area contributed by atoms with E-state index >= 15 is 0 Å². The van der Waals surface area contributed by atoms with Crippen molar-refractivity contribution in [3.63, 3.8) is 0 Å². The lowest BCUT2D eigenvalue weighted by molar-refractivity contribution is -0.142. The molecule has 3 N–H and O–H groups in total. The second-order valence-corrected chi connectivity index (χ2v) is 6.01. The van der Waals surface area contributed by atoms with Crippen molar-refractivity contribution in [2.45, 2.75) is 44.4 Å². The molecule has 2 fully saturated rings. The summed E-state index contributed by atoms with van der Waals surface area (Å²) in [6, 6.07) is 0.0514. The minimum atomic E-state index is -1.28. The standard InChI is InChI=1S/C13H23N3O4/c1-13(2,11(17)18)15-12(19)14-6-10-7-16-5-3-4-9(16)8-20-10/h9-10H,3-8H2,1-2H3,(H,17,18)(H2,14,15,19). The summed E-state index contributed by atoms with van der Waals surface area (Å²) in [5.74, 6) is -1.07. The van der Waals surface area contributed by atoms with Crippen LogP contribution in [-0.2, 0) is 9.53 Å². The lowest BCUT2D eigenvalue weighted by Crippen LogP contribution is -2.55. The van der Waals surface area contributed by atoms with Gasteiger partial charge in [0, 0.05) is 19.1 Å². The number of amides is 2. The number of carboxylic acid groups (broad SMARTS) is 1. The van der Waals surface area contributed by atoms with Gasteiger partial charge in [-0.25, -0.2) is 9.59 Å². The molecule has 2 rings (SSSR count). The van der Waals surface area contributed by atoms with E-state index in [0.29, 0.717) is 19.2 Å². The molecule has 2 heterocycles. The zero-order valence-electron chi connectivity index (χ0n) is 12.0. The number of fused-ring (bicyclic) bond motifs is 1. The van der Waals surface area contributed by atoms with Gasteiger partial charge in [-0.15, -0.1) is 0 Å². The summed E-state index contributed by atoms with van der Waals surface area (Å²) >= 11 is 0. The lowest BCUT2D eigenvalue weighted by Gasteiger charge is -2.35. The molecule has 114 valence electrons. The Balaban J connectivity index is 1.72. The summed E-state index contributed by atoms with van der Waals surface area (Å²) in [6.07, 6.45) is 2.37. The number of ether oxygens (including phenoxy) is 1. The zero-order valence-corrected chi connectivity index (χ0v) is 12.0. The van der Waals surface area contributed by atoms with E-state index < -0.39 is 17.5 Å². The van der Waals surface area contributed by atoms with E-state index in [0.717, 1.165) is 13.1 Å². The molecule has 0 aromatic carbocycles. The molecule has 0 aliphatic carbocycles. The molecular weight excluding hydrogens is 262 g/mol. The first kappa shape index (κ1) is 15.1. The van der Waals surface area contributed by atoms with Gasteiger partial charge in [0.1, 0.15) is 5.54 Å². The van der Waals surface area contributed by atoms with Crippen molar-refractivity contribution in [3.05, 3.63) is 0 Å². The molecule has 2 saturated heterocycles. The maximum absolute atomic E-state index is 11.7. The van der Waals surface area contributed by atoms with E-state index in [1.165, 1.54) is 26.7 Å². The molecule has 2 aliphatic rings. The minimum Gasteiger partial charge on any atom is -0.480 e. The van der Waals surface area contributed by atoms with Crippen LogP contribution in [0.4, 0.5) is 4.79 Å². The molecular formula is C13H23N3O4. The van der Waals surface area contributed by atoms with Crippen LogP contribution in [-0.4, -0.2) is 65.9 Å². The average Bonchev–Trinajstić information content (AvgIpc) is 2.82. The third-order valence-electron chi connectivity index (χ3n) is 3.91. The van der Waals surface area contributed by atoms with E-state index in [1.807, 2.05) is 0 Å². The Morgan fingerprint density at radius 1 is 1.45 bits per heavy atom. The van der Waals surface area contributed by atoms with Gasteiger partial charge in [-0.2, -0.15) is 0 Å². The highest BCUT2D eigenvalue weighted by atomic mass is 16.5. The number of nitrogens with zero attached hydrogens (tertiary/aromatic N) is 1. The average molecular weight is 285 g/mol. The van der Waals surface area contributed by atoms with Crippen molar-refractivity contribution in [3.8, 4) is 0 Å². The van der Waals surface area contributed by atoms with Gasteiger partial charge in [-0.3, -0.25) is 4.90 Å². The largest absolute Gasteiger partial charge is 0.480 e. The maximum Gasteiger partial charge on any atom is 0.328 e. The van der Waals surface area contributed by atoms with Gasteiger partial charge in [0.15, 0.2) is 0 Å². The molecule has 2 aliphatic heterocycles. The maximum atomic E-state index is 11.7. The van der Waals surface area contributed by atoms with Crippen LogP contribution in [0.5, 0.6) is 0 Å². The molecule has 7 nitrogen and oxygen atoms in total. The third-order valence-corrected chi connectivity index (χ3v) is 3.91. The molecule has 2 unspecified atom stereocenters. The van der Waals surface area contributed by atoms with E-state index in [4.69, 9.17) is 9.84 Å². The quantitative estimate of drug-likeness (QED) is 0.677. The van der Waals surface area contributed by atoms with Gasteiger partial charge >= 0.3 is 12.0 Å². The molecule has 0 spiro atoms. The second kappa shape index (κ2) is 5.97. The molecule has 0 bridgehead atoms. The van der Waals surface area contributed by atoms with Crippen LogP contribution in [0.1, 0.15) is 26.7 Å². The first-order valence-corrected chi connectivity index (χ1v) is 7.03. The van der Waals surface area contributed by atoms with Crippen LogP contribution in [0, 0.1) is 0 Å². The Kier molecular flexibility index (Phi) is 4.49. The van der Waals surface area contributed by atoms with Crippen molar-refractivity contribution in [1.82, 2.24) is 15.5 Å². The van der Waals surface area contributed by atoms with Crippen LogP contribution >= 0.6 is 0 Å². The Hall–Kier alpha value is -1.34. The normalized spacial score (nSPS) is 26.9. The van der Waals surface area contributed by atoms with Crippen molar-refractivity contribution in [2.75, 3.05) is 26.2 Å². The van der Waals surface area contributed by atoms with Crippen LogP contribution < -0.4 is 10.6 Å². The number of nitrogens with one attached hydrogen (secondary N) is 2. The second-order valence-electron chi connectivity index (χ2n) is 6.01. The molecule has 0 radical (unpaired) electrons. The lowest BCUT2D eigenvalue weighted by atomic mass is 10.1. The summed E-state index contributed by atoms with van der Waals surface area (Å²) in [7, 11) is 0. The summed E-state index contributed by atoms with van der Waals surface area (Å²) in [5.41, 5.74) is -1.28. The topological polar surface area (TPSA) is 90.9 Å². The van der Waals surface area contributed by atoms with E-state index in [1.54, 1.807) is 0 Å². The highest BCUT2D eigenvalue weighted by Gasteiger charge is 2.33. The Bertz CT molecular complexity index is 386. The van der Waals surface area contributed by atoms with Crippen LogP contribution in [0.3, 0.4) is 0 Å². The van der Waals surface area contributed by atoms with E-state index in [-0.39, 0.29) is 6.10 Å². The summed E-state index contributed by atoms with van der Waals surface area (Å²) in [4.78, 5) is 25.0. The number of hydrogen-bond donors (Lipinski definition) is 3. The molecule has 7 heteroatoms. The number of hydrogen-bond acceptors (Lipinski definition) is 4. The predicted octanol–water partition coefficient (Wildman–Crippen LogP) is 0.0120. The smallest absolute Gasteiger partial charge is 0.328 e. The third kappa shape index (κ3) is 3.61. The number of morpholine rings is 1.